The van der Waals surface area contributed by atoms with E-state index in [1.165, 1.54) is 193 Å². The molecule has 6 heteroatoms. The predicted molar refractivity (Wildman–Crippen MR) is 325 cm³/mol. The molecule has 0 N–H and O–H groups in total. The van der Waals surface area contributed by atoms with Gasteiger partial charge in [0.25, 0.3) is 0 Å². The second-order valence-corrected chi connectivity index (χ2v) is 22.0. The first-order chi connectivity index (χ1) is 37.0. The summed E-state index contributed by atoms with van der Waals surface area (Å²) in [4.78, 5) is 38.2. The second kappa shape index (κ2) is 63.6. The molecule has 0 fully saturated rings. The molecule has 436 valence electrons. The van der Waals surface area contributed by atoms with Gasteiger partial charge in [-0.1, -0.05) is 306 Å². The van der Waals surface area contributed by atoms with Gasteiger partial charge < -0.3 is 14.2 Å². The molecule has 0 aliphatic carbocycles. The Morgan fingerprint density at radius 3 is 0.880 bits per heavy atom. The van der Waals surface area contributed by atoms with Gasteiger partial charge in [-0.25, -0.2) is 0 Å². The molecule has 1 unspecified atom stereocenters. The van der Waals surface area contributed by atoms with Gasteiger partial charge in [0.05, 0.1) is 0 Å². The van der Waals surface area contributed by atoms with Crippen molar-refractivity contribution < 1.29 is 28.6 Å². The van der Waals surface area contributed by atoms with Gasteiger partial charge >= 0.3 is 17.9 Å². The lowest BCUT2D eigenvalue weighted by atomic mass is 10.0. The molecular formula is C69H124O6. The predicted octanol–water partition coefficient (Wildman–Crippen LogP) is 22.3. The minimum absolute atomic E-state index is 0.0800. The highest BCUT2D eigenvalue weighted by Gasteiger charge is 2.19. The van der Waals surface area contributed by atoms with Gasteiger partial charge in [0.15, 0.2) is 6.10 Å². The van der Waals surface area contributed by atoms with E-state index in [0.29, 0.717) is 19.3 Å². The van der Waals surface area contributed by atoms with Crippen molar-refractivity contribution in [2.75, 3.05) is 13.2 Å². The molecule has 0 radical (unpaired) electrons. The molecule has 0 aromatic carbocycles. The summed E-state index contributed by atoms with van der Waals surface area (Å²) in [5.74, 6) is -0.889. The normalized spacial score (nSPS) is 12.4. The summed E-state index contributed by atoms with van der Waals surface area (Å²) >= 11 is 0. The Kier molecular flexibility index (Phi) is 61.2. The average Bonchev–Trinajstić information content (AvgIpc) is 3.41. The first-order valence-corrected chi connectivity index (χ1v) is 32.8. The number of unbranched alkanes of at least 4 members (excludes halogenated alkanes) is 39. The molecule has 0 aliphatic heterocycles. The number of hydrogen-bond donors (Lipinski definition) is 0. The van der Waals surface area contributed by atoms with Crippen LogP contribution in [0.15, 0.2) is 60.8 Å². The third kappa shape index (κ3) is 61.8. The van der Waals surface area contributed by atoms with E-state index in [0.717, 1.165) is 109 Å². The minimum Gasteiger partial charge on any atom is -0.462 e. The van der Waals surface area contributed by atoms with Gasteiger partial charge in [-0.2, -0.15) is 0 Å². The monoisotopic (exact) mass is 1050 g/mol. The van der Waals surface area contributed by atoms with Gasteiger partial charge in [0, 0.05) is 19.3 Å². The molecule has 1 atom stereocenters. The molecule has 6 nitrogen and oxygen atoms in total. The standard InChI is InChI=1S/C69H124O6/c1-4-7-10-13-16-19-22-24-26-28-30-31-32-33-34-35-36-37-38-40-41-43-45-47-50-53-56-59-62-68(71)74-65-66(64-73-67(70)61-58-55-52-49-21-18-15-12-9-6-3)75-69(72)63-60-57-54-51-48-46-44-42-39-29-27-25-23-20-17-14-11-8-5-2/h8,11-12,15,17,20,25,27,39,42,66H,4-7,9-10,13-14,16,18-19,21-24,26,28-38,40-41,43-65H2,1-3H3/b11-8-,15-12-,20-17-,27-25-,42-39-. The first-order valence-electron chi connectivity index (χ1n) is 32.8. The van der Waals surface area contributed by atoms with Gasteiger partial charge in [0.2, 0.25) is 0 Å². The van der Waals surface area contributed by atoms with Crippen LogP contribution in [0.2, 0.25) is 0 Å². The van der Waals surface area contributed by atoms with Crippen molar-refractivity contribution in [3.63, 3.8) is 0 Å². The molecule has 0 amide bonds. The number of hydrogen-bond acceptors (Lipinski definition) is 6. The Balaban J connectivity index is 4.16. The zero-order valence-corrected chi connectivity index (χ0v) is 50.1. The zero-order valence-electron chi connectivity index (χ0n) is 50.1. The van der Waals surface area contributed by atoms with Gasteiger partial charge in [0.1, 0.15) is 13.2 Å². The van der Waals surface area contributed by atoms with Gasteiger partial charge in [-0.3, -0.25) is 14.4 Å². The molecule has 0 saturated heterocycles. The zero-order chi connectivity index (χ0) is 54.3. The lowest BCUT2D eigenvalue weighted by Gasteiger charge is -2.18. The lowest BCUT2D eigenvalue weighted by molar-refractivity contribution is -0.167. The fourth-order valence-electron chi connectivity index (χ4n) is 9.62. The smallest absolute Gasteiger partial charge is 0.306 e. The van der Waals surface area contributed by atoms with Crippen LogP contribution in [-0.2, 0) is 28.6 Å². The average molecular weight is 1050 g/mol. The van der Waals surface area contributed by atoms with E-state index in [1.807, 2.05) is 0 Å². The van der Waals surface area contributed by atoms with Crippen molar-refractivity contribution in [3.8, 4) is 0 Å². The third-order valence-electron chi connectivity index (χ3n) is 14.5. The van der Waals surface area contributed by atoms with Crippen LogP contribution in [0.25, 0.3) is 0 Å². The summed E-state index contributed by atoms with van der Waals surface area (Å²) in [7, 11) is 0. The van der Waals surface area contributed by atoms with Crippen LogP contribution in [0, 0.1) is 0 Å². The van der Waals surface area contributed by atoms with E-state index in [1.54, 1.807) is 0 Å². The molecule has 0 aromatic rings. The van der Waals surface area contributed by atoms with Crippen LogP contribution in [0.3, 0.4) is 0 Å². The van der Waals surface area contributed by atoms with Crippen LogP contribution in [0.4, 0.5) is 0 Å². The van der Waals surface area contributed by atoms with Gasteiger partial charge in [-0.05, 0) is 77.0 Å². The number of ether oxygens (including phenoxy) is 3. The fraction of sp³-hybridized carbons (Fsp3) is 0.812. The highest BCUT2D eigenvalue weighted by Crippen LogP contribution is 2.18. The summed E-state index contributed by atoms with van der Waals surface area (Å²) < 4.78 is 16.9. The number of esters is 3. The van der Waals surface area contributed by atoms with E-state index in [2.05, 4.69) is 81.5 Å². The van der Waals surface area contributed by atoms with E-state index in [4.69, 9.17) is 14.2 Å². The Morgan fingerprint density at radius 2 is 0.547 bits per heavy atom. The van der Waals surface area contributed by atoms with Crippen LogP contribution < -0.4 is 0 Å². The number of rotatable bonds is 60. The largest absolute Gasteiger partial charge is 0.462 e. The maximum atomic E-state index is 12.9. The summed E-state index contributed by atoms with van der Waals surface area (Å²) in [6.45, 7) is 6.49. The molecule has 75 heavy (non-hydrogen) atoms. The molecule has 0 spiro atoms. The van der Waals surface area contributed by atoms with Crippen LogP contribution in [-0.4, -0.2) is 37.2 Å². The van der Waals surface area contributed by atoms with Crippen LogP contribution in [0.1, 0.15) is 342 Å². The lowest BCUT2D eigenvalue weighted by Crippen LogP contribution is -2.30. The maximum absolute atomic E-state index is 12.9. The molecule has 0 bridgehead atoms. The second-order valence-electron chi connectivity index (χ2n) is 22.0. The maximum Gasteiger partial charge on any atom is 0.306 e. The summed E-state index contributed by atoms with van der Waals surface area (Å²) in [5.41, 5.74) is 0. The van der Waals surface area contributed by atoms with Gasteiger partial charge in [-0.15, -0.1) is 0 Å². The van der Waals surface area contributed by atoms with E-state index >= 15 is 0 Å². The topological polar surface area (TPSA) is 78.9 Å². The Labute approximate surface area is 466 Å². The van der Waals surface area contributed by atoms with Crippen molar-refractivity contribution in [1.29, 1.82) is 0 Å². The summed E-state index contributed by atoms with van der Waals surface area (Å²) in [6, 6.07) is 0. The highest BCUT2D eigenvalue weighted by atomic mass is 16.6. The van der Waals surface area contributed by atoms with Crippen molar-refractivity contribution >= 4 is 17.9 Å². The van der Waals surface area contributed by atoms with E-state index < -0.39 is 6.10 Å². The number of allylic oxidation sites excluding steroid dienone is 10. The summed E-state index contributed by atoms with van der Waals surface area (Å²) in [5, 5.41) is 0. The molecular weight excluding hydrogens is 925 g/mol. The first kappa shape index (κ1) is 72.1. The number of carbonyl (C=O) groups excluding carboxylic acids is 3. The minimum atomic E-state index is -0.784. The summed E-state index contributed by atoms with van der Waals surface area (Å²) in [6.07, 6.45) is 81.1. The Bertz CT molecular complexity index is 1340. The molecule has 0 aliphatic rings. The molecule has 0 aromatic heterocycles. The van der Waals surface area contributed by atoms with Crippen LogP contribution >= 0.6 is 0 Å². The Morgan fingerprint density at radius 1 is 0.280 bits per heavy atom. The van der Waals surface area contributed by atoms with Crippen molar-refractivity contribution in [2.45, 2.75) is 348 Å². The SMILES string of the molecule is CC/C=C\C/C=C\C/C=C\C/C=C\CCCCCCCCC(=O)OC(COC(=O)CCCCCCC/C=C\CCC)COC(=O)CCCCCCCCCCCCCCCCCCCCCCCCCCCCCC. The fourth-order valence-corrected chi connectivity index (χ4v) is 9.62. The van der Waals surface area contributed by atoms with Crippen molar-refractivity contribution in [2.24, 2.45) is 0 Å². The molecule has 0 heterocycles. The van der Waals surface area contributed by atoms with E-state index in [9.17, 15) is 14.4 Å². The van der Waals surface area contributed by atoms with Crippen molar-refractivity contribution in [3.05, 3.63) is 60.8 Å². The Hall–Kier alpha value is -2.89. The molecule has 0 rings (SSSR count). The quantitative estimate of drug-likeness (QED) is 0.0261. The third-order valence-corrected chi connectivity index (χ3v) is 14.5. The van der Waals surface area contributed by atoms with Crippen molar-refractivity contribution in [1.82, 2.24) is 0 Å². The molecule has 0 saturated carbocycles. The van der Waals surface area contributed by atoms with Crippen LogP contribution in [0.5, 0.6) is 0 Å². The number of carbonyl (C=O) groups is 3. The highest BCUT2D eigenvalue weighted by molar-refractivity contribution is 5.71. The van der Waals surface area contributed by atoms with E-state index in [-0.39, 0.29) is 31.1 Å².